The van der Waals surface area contributed by atoms with Gasteiger partial charge in [0.2, 0.25) is 0 Å². The quantitative estimate of drug-likeness (QED) is 0.762. The molecule has 0 rings (SSSR count). The Morgan fingerprint density at radius 2 is 2.00 bits per heavy atom. The zero-order valence-electron chi connectivity index (χ0n) is 8.13. The molecule has 0 bridgehead atoms. The van der Waals surface area contributed by atoms with E-state index in [0.29, 0.717) is 0 Å². The first-order valence-corrected chi connectivity index (χ1v) is 9.30. The Kier molecular flexibility index (Phi) is 12.4. The molecular weight excluding hydrogens is 250 g/mol. The molecule has 0 aromatic rings. The van der Waals surface area contributed by atoms with Gasteiger partial charge in [-0.25, -0.2) is 4.79 Å². The molecule has 6 heteroatoms. The molecule has 0 saturated carbocycles. The molecule has 2 N–H and O–H groups in total. The molecular formula is C7H14BrMgNO3. The summed E-state index contributed by atoms with van der Waals surface area (Å²) < 4.78 is 0. The van der Waals surface area contributed by atoms with E-state index in [0.717, 1.165) is 0 Å². The van der Waals surface area contributed by atoms with E-state index in [1.54, 1.807) is 6.92 Å². The fraction of sp³-hybridized carbons (Fsp3) is 0.714. The second-order valence-electron chi connectivity index (χ2n) is 2.52. The van der Waals surface area contributed by atoms with Crippen molar-refractivity contribution in [2.24, 2.45) is 0 Å². The fourth-order valence-corrected chi connectivity index (χ4v) is 0.693. The van der Waals surface area contributed by atoms with Crippen molar-refractivity contribution >= 4 is 43.0 Å². The number of Topliss-reactive ketones (excluding diaryl/α,β-unsaturated/α-hetero) is 1. The zero-order chi connectivity index (χ0) is 10.9. The van der Waals surface area contributed by atoms with Gasteiger partial charge in [-0.3, -0.25) is 4.79 Å². The van der Waals surface area contributed by atoms with E-state index in [9.17, 15) is 9.59 Å². The Morgan fingerprint density at radius 1 is 1.62 bits per heavy atom. The van der Waals surface area contributed by atoms with Crippen LogP contribution in [0.3, 0.4) is 0 Å². The number of ketones is 1. The Labute approximate surface area is 94.1 Å². The minimum absolute atomic E-state index is 0.0127. The summed E-state index contributed by atoms with van der Waals surface area (Å²) in [7, 11) is 0. The molecule has 0 fully saturated rings. The number of halogens is 1. The highest BCUT2D eigenvalue weighted by Crippen LogP contribution is 1.90. The summed E-state index contributed by atoms with van der Waals surface area (Å²) in [5, 5.41) is 12.5. The van der Waals surface area contributed by atoms with Crippen molar-refractivity contribution < 1.29 is 14.7 Å². The largest absolute Gasteiger partial charge is 0.465 e. The first-order valence-electron chi connectivity index (χ1n) is 3.98. The van der Waals surface area contributed by atoms with Gasteiger partial charge in [-0.05, 0) is 13.8 Å². The summed E-state index contributed by atoms with van der Waals surface area (Å²) in [6, 6.07) is -0.282. The van der Waals surface area contributed by atoms with Crippen LogP contribution in [0.25, 0.3) is 0 Å². The minimum atomic E-state index is -1.09. The lowest BCUT2D eigenvalue weighted by Gasteiger charge is -2.07. The maximum Gasteiger partial charge on any atom is 0.465 e. The summed E-state index contributed by atoms with van der Waals surface area (Å²) in [6.07, 6.45) is -0.833. The first-order chi connectivity index (χ1) is 5.93. The lowest BCUT2D eigenvalue weighted by molar-refractivity contribution is -0.117. The van der Waals surface area contributed by atoms with Crippen LogP contribution < -0.4 is 5.32 Å². The van der Waals surface area contributed by atoms with Gasteiger partial charge in [0.05, 0.1) is 0 Å². The molecule has 0 aliphatic heterocycles. The highest BCUT2D eigenvalue weighted by atomic mass is 79.9. The average Bonchev–Trinajstić information content (AvgIpc) is 1.83. The Morgan fingerprint density at radius 3 is 2.23 bits per heavy atom. The molecule has 74 valence electrons. The number of carbonyl (C=O) groups excluding carboxylic acids is 1. The van der Waals surface area contributed by atoms with Gasteiger partial charge in [0.15, 0.2) is 0 Å². The third-order valence-corrected chi connectivity index (χ3v) is 0.964. The lowest BCUT2D eigenvalue weighted by Crippen LogP contribution is -2.32. The van der Waals surface area contributed by atoms with Gasteiger partial charge in [-0.1, -0.05) is 0 Å². The van der Waals surface area contributed by atoms with Crippen LogP contribution in [-0.2, 0) is 4.79 Å². The number of hydrogen-bond acceptors (Lipinski definition) is 2. The molecule has 1 amide bonds. The fourth-order valence-electron chi connectivity index (χ4n) is 0.693. The van der Waals surface area contributed by atoms with E-state index >= 15 is 0 Å². The normalized spacial score (nSPS) is 10.2. The molecule has 0 aromatic carbocycles. The predicted octanol–water partition coefficient (Wildman–Crippen LogP) is 1.67. The van der Waals surface area contributed by atoms with Crippen LogP contribution in [0.2, 0.25) is 5.05 Å². The van der Waals surface area contributed by atoms with Crippen LogP contribution in [-0.4, -0.2) is 41.2 Å². The second-order valence-corrected chi connectivity index (χ2v) is 6.42. The Bertz CT molecular complexity index is 150. The van der Waals surface area contributed by atoms with Gasteiger partial charge in [-0.2, -0.15) is 0 Å². The Hall–Kier alpha value is 0.186. The third-order valence-electron chi connectivity index (χ3n) is 0.964. The van der Waals surface area contributed by atoms with E-state index in [2.05, 4.69) is 23.3 Å². The van der Waals surface area contributed by atoms with E-state index in [-0.39, 0.29) is 36.4 Å². The van der Waals surface area contributed by atoms with Gasteiger partial charge < -0.3 is 23.3 Å². The SMILES string of the molecule is CC(=O)C[C@@H](C)NC(=O)O.[CH3][Mg][Br]. The molecule has 0 aliphatic rings. The van der Waals surface area contributed by atoms with Crippen LogP contribution in [0.1, 0.15) is 20.3 Å². The highest BCUT2D eigenvalue weighted by molar-refractivity contribution is 9.23. The van der Waals surface area contributed by atoms with Crippen molar-refractivity contribution in [3.63, 3.8) is 0 Å². The number of amides is 1. The number of hydrogen-bond donors (Lipinski definition) is 2. The monoisotopic (exact) mass is 263 g/mol. The summed E-state index contributed by atoms with van der Waals surface area (Å²) in [5.41, 5.74) is 0. The van der Waals surface area contributed by atoms with Crippen LogP contribution in [0.4, 0.5) is 4.79 Å². The average molecular weight is 264 g/mol. The summed E-state index contributed by atoms with van der Waals surface area (Å²) in [4.78, 5) is 20.4. The van der Waals surface area contributed by atoms with Gasteiger partial charge in [-0.15, -0.1) is 5.05 Å². The maximum absolute atomic E-state index is 10.4. The smallest absolute Gasteiger partial charge is 0.465 e. The van der Waals surface area contributed by atoms with Crippen LogP contribution in [0.15, 0.2) is 0 Å². The minimum Gasteiger partial charge on any atom is -0.465 e. The van der Waals surface area contributed by atoms with Gasteiger partial charge >= 0.3 is 24.3 Å². The molecule has 4 nitrogen and oxygen atoms in total. The summed E-state index contributed by atoms with van der Waals surface area (Å²) in [6.45, 7) is 3.08. The third kappa shape index (κ3) is 18.9. The first kappa shape index (κ1) is 15.6. The second kappa shape index (κ2) is 10.3. The van der Waals surface area contributed by atoms with Gasteiger partial charge in [0.1, 0.15) is 5.78 Å². The Balaban J connectivity index is 0. The van der Waals surface area contributed by atoms with Crippen molar-refractivity contribution in [2.45, 2.75) is 31.4 Å². The van der Waals surface area contributed by atoms with Crippen molar-refractivity contribution in [1.82, 2.24) is 5.32 Å². The van der Waals surface area contributed by atoms with Gasteiger partial charge in [0.25, 0.3) is 0 Å². The molecule has 0 aromatic heterocycles. The molecule has 1 atom stereocenters. The van der Waals surface area contributed by atoms with Crippen molar-refractivity contribution in [1.29, 1.82) is 0 Å². The number of nitrogens with one attached hydrogen (secondary N) is 1. The molecule has 0 spiro atoms. The molecule has 0 aliphatic carbocycles. The summed E-state index contributed by atoms with van der Waals surface area (Å²) in [5.74, 6) is -0.0127. The van der Waals surface area contributed by atoms with E-state index in [1.165, 1.54) is 6.92 Å². The van der Waals surface area contributed by atoms with Gasteiger partial charge in [0, 0.05) is 12.5 Å². The molecule has 0 unspecified atom stereocenters. The van der Waals surface area contributed by atoms with E-state index < -0.39 is 6.09 Å². The standard InChI is InChI=1S/C6H11NO3.CH3.BrH.Mg/c1-4(3-5(2)8)7-6(9)10;;;/h4,7H,3H2,1-2H3,(H,9,10);1H3;1H;/q;;;+1/p-1/t4-;;;/m1.../s1. The topological polar surface area (TPSA) is 66.4 Å². The maximum atomic E-state index is 10.4. The lowest BCUT2D eigenvalue weighted by atomic mass is 10.2. The van der Waals surface area contributed by atoms with Crippen molar-refractivity contribution in [3.05, 3.63) is 0 Å². The van der Waals surface area contributed by atoms with Crippen LogP contribution in [0.5, 0.6) is 0 Å². The number of carbonyl (C=O) groups is 2. The van der Waals surface area contributed by atoms with E-state index in [1.807, 2.05) is 0 Å². The molecule has 13 heavy (non-hydrogen) atoms. The van der Waals surface area contributed by atoms with Crippen molar-refractivity contribution in [2.75, 3.05) is 0 Å². The van der Waals surface area contributed by atoms with Crippen LogP contribution >= 0.6 is 12.9 Å². The molecule has 0 saturated heterocycles. The highest BCUT2D eigenvalue weighted by Gasteiger charge is 2.06. The molecule has 0 heterocycles. The molecule has 0 radical (unpaired) electrons. The predicted molar refractivity (Wildman–Crippen MR) is 56.5 cm³/mol. The zero-order valence-corrected chi connectivity index (χ0v) is 11.1. The van der Waals surface area contributed by atoms with E-state index in [4.69, 9.17) is 5.11 Å². The van der Waals surface area contributed by atoms with Crippen LogP contribution in [0, 0.1) is 0 Å². The number of carboxylic acid groups (broad SMARTS) is 1. The van der Waals surface area contributed by atoms with Crippen molar-refractivity contribution in [3.8, 4) is 0 Å². The number of rotatable bonds is 3. The summed E-state index contributed by atoms with van der Waals surface area (Å²) >= 11 is 3.51.